The van der Waals surface area contributed by atoms with Crippen molar-refractivity contribution in [3.05, 3.63) is 17.5 Å². The van der Waals surface area contributed by atoms with Crippen LogP contribution in [-0.4, -0.2) is 9.97 Å². The van der Waals surface area contributed by atoms with E-state index < -0.39 is 0 Å². The molecule has 0 saturated heterocycles. The first kappa shape index (κ1) is 10.2. The normalized spacial score (nSPS) is 8.11. The Hall–Kier alpha value is 1.23. The van der Waals surface area contributed by atoms with E-state index in [0.29, 0.717) is 10.2 Å². The minimum absolute atomic E-state index is 0. The Morgan fingerprint density at radius 1 is 1.33 bits per heavy atom. The standard InChI is InChI=1S/C4H3ClN2S.K/c5-3-1-7-4(8)2-6-3;/h1-2H,(H,7,8);/q;+1/p-1. The van der Waals surface area contributed by atoms with Gasteiger partial charge in [-0.2, -0.15) is 0 Å². The zero-order chi connectivity index (χ0) is 5.98. The molecular weight excluding hydrogens is 183 g/mol. The summed E-state index contributed by atoms with van der Waals surface area (Å²) in [5.74, 6) is 0. The van der Waals surface area contributed by atoms with E-state index in [2.05, 4.69) is 22.6 Å². The SMILES string of the molecule is [K+].[S-]c1cnc(Cl)cn1. The zero-order valence-electron chi connectivity index (χ0n) is 4.84. The van der Waals surface area contributed by atoms with E-state index in [-0.39, 0.29) is 51.4 Å². The Kier molecular flexibility index (Phi) is 5.63. The van der Waals surface area contributed by atoms with E-state index in [9.17, 15) is 0 Å². The van der Waals surface area contributed by atoms with Crippen LogP contribution in [0.1, 0.15) is 0 Å². The Bertz CT molecular complexity index is 157. The third-order valence-electron chi connectivity index (χ3n) is 0.597. The van der Waals surface area contributed by atoms with Crippen LogP contribution in [0.4, 0.5) is 0 Å². The molecule has 0 aromatic carbocycles. The molecule has 1 heterocycles. The summed E-state index contributed by atoms with van der Waals surface area (Å²) in [5.41, 5.74) is 0. The summed E-state index contributed by atoms with van der Waals surface area (Å²) >= 11 is 10.0. The maximum absolute atomic E-state index is 5.39. The molecule has 5 heteroatoms. The van der Waals surface area contributed by atoms with Crippen molar-refractivity contribution < 1.29 is 51.4 Å². The van der Waals surface area contributed by atoms with Crippen LogP contribution in [0.3, 0.4) is 0 Å². The molecule has 0 unspecified atom stereocenters. The molecule has 0 aliphatic heterocycles. The van der Waals surface area contributed by atoms with E-state index in [1.807, 2.05) is 0 Å². The molecule has 9 heavy (non-hydrogen) atoms. The first-order chi connectivity index (χ1) is 3.79. The van der Waals surface area contributed by atoms with Gasteiger partial charge in [-0.15, -0.1) is 0 Å². The second-order valence-electron chi connectivity index (χ2n) is 1.18. The van der Waals surface area contributed by atoms with Gasteiger partial charge in [-0.1, -0.05) is 16.6 Å². The number of nitrogens with zero attached hydrogens (tertiary/aromatic N) is 2. The van der Waals surface area contributed by atoms with Crippen LogP contribution in [-0.2, 0) is 12.6 Å². The van der Waals surface area contributed by atoms with Crippen molar-refractivity contribution in [2.45, 2.75) is 5.03 Å². The van der Waals surface area contributed by atoms with E-state index >= 15 is 0 Å². The summed E-state index contributed by atoms with van der Waals surface area (Å²) in [6.45, 7) is 0. The molecule has 0 saturated carbocycles. The second kappa shape index (κ2) is 4.95. The van der Waals surface area contributed by atoms with Crippen molar-refractivity contribution in [3.8, 4) is 0 Å². The fraction of sp³-hybridized carbons (Fsp3) is 0. The van der Waals surface area contributed by atoms with Crippen molar-refractivity contribution in [1.82, 2.24) is 9.97 Å². The smallest absolute Gasteiger partial charge is 0.759 e. The Labute approximate surface area is 106 Å². The minimum Gasteiger partial charge on any atom is -0.759 e. The van der Waals surface area contributed by atoms with Gasteiger partial charge in [0.15, 0.2) is 0 Å². The fourth-order valence-electron chi connectivity index (χ4n) is 0.300. The van der Waals surface area contributed by atoms with Crippen LogP contribution in [0, 0.1) is 0 Å². The second-order valence-corrected chi connectivity index (χ2v) is 1.98. The van der Waals surface area contributed by atoms with Gasteiger partial charge in [0.1, 0.15) is 5.15 Å². The van der Waals surface area contributed by atoms with Crippen molar-refractivity contribution in [2.24, 2.45) is 0 Å². The molecule has 42 valence electrons. The van der Waals surface area contributed by atoms with Crippen LogP contribution in [0.2, 0.25) is 5.15 Å². The molecular formula is C4H2ClKN2S. The van der Waals surface area contributed by atoms with Gasteiger partial charge in [-0.25, -0.2) is 4.98 Å². The average molecular weight is 185 g/mol. The van der Waals surface area contributed by atoms with E-state index in [0.717, 1.165) is 0 Å². The van der Waals surface area contributed by atoms with Gasteiger partial charge in [0.05, 0.1) is 6.20 Å². The van der Waals surface area contributed by atoms with Crippen LogP contribution in [0.15, 0.2) is 17.4 Å². The summed E-state index contributed by atoms with van der Waals surface area (Å²) in [6, 6.07) is 0. The van der Waals surface area contributed by atoms with E-state index in [4.69, 9.17) is 11.6 Å². The van der Waals surface area contributed by atoms with Crippen LogP contribution in [0.25, 0.3) is 0 Å². The van der Waals surface area contributed by atoms with E-state index in [1.165, 1.54) is 12.4 Å². The van der Waals surface area contributed by atoms with Gasteiger partial charge >= 0.3 is 51.4 Å². The number of aromatic nitrogens is 2. The predicted octanol–water partition coefficient (Wildman–Crippen LogP) is -1.96. The fourth-order valence-corrected chi connectivity index (χ4v) is 0.503. The molecule has 0 N–H and O–H groups in total. The van der Waals surface area contributed by atoms with Crippen LogP contribution >= 0.6 is 11.6 Å². The van der Waals surface area contributed by atoms with Crippen LogP contribution in [0.5, 0.6) is 0 Å². The average Bonchev–Trinajstić information content (AvgIpc) is 1.77. The number of halogens is 1. The third-order valence-corrected chi connectivity index (χ3v) is 1.00. The van der Waals surface area contributed by atoms with Crippen LogP contribution < -0.4 is 51.4 Å². The van der Waals surface area contributed by atoms with Crippen molar-refractivity contribution in [2.75, 3.05) is 0 Å². The molecule has 0 amide bonds. The van der Waals surface area contributed by atoms with Gasteiger partial charge in [-0.3, -0.25) is 4.98 Å². The van der Waals surface area contributed by atoms with Crippen molar-refractivity contribution in [1.29, 1.82) is 0 Å². The molecule has 0 spiro atoms. The van der Waals surface area contributed by atoms with E-state index in [1.54, 1.807) is 0 Å². The summed E-state index contributed by atoms with van der Waals surface area (Å²) in [5, 5.41) is 0.841. The Morgan fingerprint density at radius 3 is 2.33 bits per heavy atom. The Morgan fingerprint density at radius 2 is 2.00 bits per heavy atom. The summed E-state index contributed by atoms with van der Waals surface area (Å²) in [7, 11) is 0. The molecule has 0 radical (unpaired) electrons. The molecule has 0 aliphatic carbocycles. The first-order valence-electron chi connectivity index (χ1n) is 1.93. The monoisotopic (exact) mass is 184 g/mol. The molecule has 0 bridgehead atoms. The van der Waals surface area contributed by atoms with Gasteiger partial charge < -0.3 is 12.6 Å². The molecule has 1 aromatic heterocycles. The maximum Gasteiger partial charge on any atom is 1.00 e. The number of hydrogen-bond donors (Lipinski definition) is 0. The molecule has 0 aliphatic rings. The van der Waals surface area contributed by atoms with Gasteiger partial charge in [-0.05, 0) is 0 Å². The maximum atomic E-state index is 5.39. The molecule has 0 fully saturated rings. The molecule has 0 atom stereocenters. The Balaban J connectivity index is 0.000000640. The van der Waals surface area contributed by atoms with Gasteiger partial charge in [0, 0.05) is 6.20 Å². The third kappa shape index (κ3) is 3.82. The zero-order valence-corrected chi connectivity index (χ0v) is 9.53. The quantitative estimate of drug-likeness (QED) is 0.346. The topological polar surface area (TPSA) is 25.8 Å². The largest absolute Gasteiger partial charge is 1.00 e. The van der Waals surface area contributed by atoms with Crippen molar-refractivity contribution >= 4 is 24.2 Å². The summed E-state index contributed by atoms with van der Waals surface area (Å²) in [4.78, 5) is 7.38. The van der Waals surface area contributed by atoms with Gasteiger partial charge in [0.2, 0.25) is 0 Å². The molecule has 2 nitrogen and oxygen atoms in total. The summed E-state index contributed by atoms with van der Waals surface area (Å²) < 4.78 is 0. The molecule has 1 aromatic rings. The number of hydrogen-bond acceptors (Lipinski definition) is 3. The minimum atomic E-state index is 0. The summed E-state index contributed by atoms with van der Waals surface area (Å²) in [6.07, 6.45) is 2.86. The van der Waals surface area contributed by atoms with Gasteiger partial charge in [0.25, 0.3) is 0 Å². The molecule has 1 rings (SSSR count). The van der Waals surface area contributed by atoms with Crippen molar-refractivity contribution in [3.63, 3.8) is 0 Å². The predicted molar refractivity (Wildman–Crippen MR) is 32.7 cm³/mol. The number of rotatable bonds is 0. The first-order valence-corrected chi connectivity index (χ1v) is 2.72.